The van der Waals surface area contributed by atoms with Crippen LogP contribution in [-0.4, -0.2) is 41.7 Å². The van der Waals surface area contributed by atoms with Gasteiger partial charge < -0.3 is 14.8 Å². The lowest BCUT2D eigenvalue weighted by Crippen LogP contribution is -2.36. The molecule has 0 aromatic heterocycles. The van der Waals surface area contributed by atoms with Crippen molar-refractivity contribution in [3.63, 3.8) is 0 Å². The topological polar surface area (TPSA) is 84.9 Å². The predicted molar refractivity (Wildman–Crippen MR) is 144 cm³/mol. The van der Waals surface area contributed by atoms with Gasteiger partial charge in [-0.05, 0) is 53.9 Å². The van der Waals surface area contributed by atoms with Gasteiger partial charge in [-0.3, -0.25) is 19.3 Å². The average Bonchev–Trinajstić information content (AvgIpc) is 3.11. The van der Waals surface area contributed by atoms with Crippen molar-refractivity contribution in [1.29, 1.82) is 0 Å². The molecule has 0 radical (unpaired) electrons. The maximum absolute atomic E-state index is 13.0. The van der Waals surface area contributed by atoms with Crippen LogP contribution < -0.4 is 14.8 Å². The number of amides is 3. The van der Waals surface area contributed by atoms with Crippen LogP contribution in [0.15, 0.2) is 72.2 Å². The molecule has 1 aliphatic heterocycles. The first-order valence-electron chi connectivity index (χ1n) is 11.1. The number of imide groups is 1. The number of halogens is 1. The Bertz CT molecular complexity index is 1380. The Morgan fingerprint density at radius 1 is 1.14 bits per heavy atom. The number of fused-ring (bicyclic) bond motifs is 1. The summed E-state index contributed by atoms with van der Waals surface area (Å²) < 4.78 is 11.2. The number of benzene rings is 3. The molecule has 7 nitrogen and oxygen atoms in total. The summed E-state index contributed by atoms with van der Waals surface area (Å²) in [6.07, 6.45) is 3.13. The average molecular weight is 523 g/mol. The van der Waals surface area contributed by atoms with E-state index in [1.165, 1.54) is 0 Å². The second kappa shape index (κ2) is 11.3. The second-order valence-electron chi connectivity index (χ2n) is 7.71. The van der Waals surface area contributed by atoms with Crippen LogP contribution in [-0.2, 0) is 9.59 Å². The van der Waals surface area contributed by atoms with Crippen molar-refractivity contribution in [2.45, 2.75) is 6.92 Å². The van der Waals surface area contributed by atoms with Crippen molar-refractivity contribution in [2.75, 3.05) is 25.1 Å². The first kappa shape index (κ1) is 25.3. The molecule has 3 aromatic carbocycles. The van der Waals surface area contributed by atoms with E-state index in [4.69, 9.17) is 21.1 Å². The van der Waals surface area contributed by atoms with E-state index in [1.54, 1.807) is 30.4 Å². The lowest BCUT2D eigenvalue weighted by molar-refractivity contribution is -0.127. The summed E-state index contributed by atoms with van der Waals surface area (Å²) >= 11 is 7.14. The zero-order valence-electron chi connectivity index (χ0n) is 19.5. The van der Waals surface area contributed by atoms with Crippen LogP contribution in [0.1, 0.15) is 12.5 Å². The third kappa shape index (κ3) is 5.56. The number of carbonyl (C=O) groups is 3. The van der Waals surface area contributed by atoms with Gasteiger partial charge >= 0.3 is 0 Å². The van der Waals surface area contributed by atoms with Gasteiger partial charge in [0.25, 0.3) is 11.1 Å². The predicted octanol–water partition coefficient (Wildman–Crippen LogP) is 6.13. The first-order chi connectivity index (χ1) is 17.4. The van der Waals surface area contributed by atoms with Crippen LogP contribution >= 0.6 is 23.4 Å². The molecule has 0 bridgehead atoms. The SMILES string of the molecule is C=CCOc1c(Cl)cc(/C=C2/SC(=O)N(CC(=O)Nc3cccc4ccccc34)C2=O)cc1OCC. The Hall–Kier alpha value is -3.75. The van der Waals surface area contributed by atoms with E-state index < -0.39 is 23.6 Å². The summed E-state index contributed by atoms with van der Waals surface area (Å²) in [6.45, 7) is 5.68. The van der Waals surface area contributed by atoms with E-state index in [-0.39, 0.29) is 11.5 Å². The number of thioether (sulfide) groups is 1. The molecule has 0 spiro atoms. The highest BCUT2D eigenvalue weighted by molar-refractivity contribution is 8.18. The van der Waals surface area contributed by atoms with Crippen LogP contribution in [0.4, 0.5) is 10.5 Å². The fraction of sp³-hybridized carbons (Fsp3) is 0.148. The Kier molecular flexibility index (Phi) is 7.97. The van der Waals surface area contributed by atoms with E-state index in [0.717, 1.165) is 27.4 Å². The highest BCUT2D eigenvalue weighted by atomic mass is 35.5. The molecule has 1 aliphatic rings. The Balaban J connectivity index is 1.51. The van der Waals surface area contributed by atoms with Crippen molar-refractivity contribution in [3.05, 3.63) is 82.7 Å². The number of ether oxygens (including phenoxy) is 2. The van der Waals surface area contributed by atoms with Crippen molar-refractivity contribution in [1.82, 2.24) is 4.90 Å². The molecule has 1 fully saturated rings. The standard InChI is InChI=1S/C27H23ClN2O5S/c1-3-12-35-25-20(28)13-17(14-22(25)34-4-2)15-23-26(32)30(27(33)36-23)16-24(31)29-21-11-7-9-18-8-5-6-10-19(18)21/h3,5-11,13-15H,1,4,12,16H2,2H3,(H,29,31)/b23-15+. The fourth-order valence-electron chi connectivity index (χ4n) is 3.67. The number of nitrogens with one attached hydrogen (secondary N) is 1. The maximum atomic E-state index is 13.0. The Morgan fingerprint density at radius 3 is 2.69 bits per heavy atom. The van der Waals surface area contributed by atoms with Crippen LogP contribution in [0, 0.1) is 0 Å². The number of hydrogen-bond acceptors (Lipinski definition) is 6. The van der Waals surface area contributed by atoms with Gasteiger partial charge in [-0.2, -0.15) is 0 Å². The molecule has 0 aliphatic carbocycles. The lowest BCUT2D eigenvalue weighted by Gasteiger charge is -2.14. The first-order valence-corrected chi connectivity index (χ1v) is 12.3. The van der Waals surface area contributed by atoms with Crippen LogP contribution in [0.3, 0.4) is 0 Å². The van der Waals surface area contributed by atoms with Gasteiger partial charge in [-0.15, -0.1) is 0 Å². The molecule has 4 rings (SSSR count). The van der Waals surface area contributed by atoms with E-state index in [0.29, 0.717) is 34.4 Å². The zero-order chi connectivity index (χ0) is 25.7. The van der Waals surface area contributed by atoms with Crippen LogP contribution in [0.5, 0.6) is 11.5 Å². The van der Waals surface area contributed by atoms with Crippen molar-refractivity contribution in [3.8, 4) is 11.5 Å². The minimum atomic E-state index is -0.556. The van der Waals surface area contributed by atoms with E-state index in [1.807, 2.05) is 43.3 Å². The third-order valence-electron chi connectivity index (χ3n) is 5.21. The summed E-state index contributed by atoms with van der Waals surface area (Å²) in [6, 6.07) is 16.4. The third-order valence-corrected chi connectivity index (χ3v) is 6.40. The molecule has 0 atom stereocenters. The molecule has 1 N–H and O–H groups in total. The quantitative estimate of drug-likeness (QED) is 0.269. The minimum absolute atomic E-state index is 0.177. The molecule has 9 heteroatoms. The maximum Gasteiger partial charge on any atom is 0.294 e. The van der Waals surface area contributed by atoms with Gasteiger partial charge in [0, 0.05) is 11.1 Å². The van der Waals surface area contributed by atoms with Crippen molar-refractivity contribution < 1.29 is 23.9 Å². The molecule has 3 amide bonds. The second-order valence-corrected chi connectivity index (χ2v) is 9.11. The highest BCUT2D eigenvalue weighted by Crippen LogP contribution is 2.39. The van der Waals surface area contributed by atoms with E-state index in [9.17, 15) is 14.4 Å². The molecule has 1 heterocycles. The molecule has 3 aromatic rings. The monoisotopic (exact) mass is 522 g/mol. The molecule has 184 valence electrons. The van der Waals surface area contributed by atoms with Gasteiger partial charge in [0.15, 0.2) is 11.5 Å². The highest BCUT2D eigenvalue weighted by Gasteiger charge is 2.36. The van der Waals surface area contributed by atoms with Gasteiger partial charge in [-0.25, -0.2) is 0 Å². The van der Waals surface area contributed by atoms with Crippen LogP contribution in [0.2, 0.25) is 5.02 Å². The molecule has 36 heavy (non-hydrogen) atoms. The number of rotatable bonds is 9. The number of nitrogens with zero attached hydrogens (tertiary/aromatic N) is 1. The van der Waals surface area contributed by atoms with Crippen molar-refractivity contribution >= 4 is 63.0 Å². The summed E-state index contributed by atoms with van der Waals surface area (Å²) in [7, 11) is 0. The smallest absolute Gasteiger partial charge is 0.294 e. The summed E-state index contributed by atoms with van der Waals surface area (Å²) in [5.74, 6) is -0.250. The molecular weight excluding hydrogens is 500 g/mol. The lowest BCUT2D eigenvalue weighted by atomic mass is 10.1. The molecule has 0 saturated carbocycles. The van der Waals surface area contributed by atoms with E-state index in [2.05, 4.69) is 11.9 Å². The number of anilines is 1. The fourth-order valence-corrected chi connectivity index (χ4v) is 4.78. The van der Waals surface area contributed by atoms with E-state index >= 15 is 0 Å². The molecular formula is C27H23ClN2O5S. The molecule has 0 unspecified atom stereocenters. The number of hydrogen-bond donors (Lipinski definition) is 1. The molecule has 1 saturated heterocycles. The van der Waals surface area contributed by atoms with Crippen LogP contribution in [0.25, 0.3) is 16.8 Å². The van der Waals surface area contributed by atoms with Gasteiger partial charge in [-0.1, -0.05) is 60.7 Å². The zero-order valence-corrected chi connectivity index (χ0v) is 21.0. The normalized spacial score (nSPS) is 14.4. The largest absolute Gasteiger partial charge is 0.490 e. The Morgan fingerprint density at radius 2 is 1.92 bits per heavy atom. The minimum Gasteiger partial charge on any atom is -0.490 e. The van der Waals surface area contributed by atoms with Gasteiger partial charge in [0.2, 0.25) is 5.91 Å². The summed E-state index contributed by atoms with van der Waals surface area (Å²) in [5.41, 5.74) is 1.16. The van der Waals surface area contributed by atoms with Gasteiger partial charge in [0.05, 0.1) is 16.5 Å². The Labute approximate surface area is 217 Å². The summed E-state index contributed by atoms with van der Waals surface area (Å²) in [4.78, 5) is 39.3. The summed E-state index contributed by atoms with van der Waals surface area (Å²) in [5, 5.41) is 4.40. The van der Waals surface area contributed by atoms with Crippen molar-refractivity contribution in [2.24, 2.45) is 0 Å². The van der Waals surface area contributed by atoms with Gasteiger partial charge in [0.1, 0.15) is 13.2 Å². The number of carbonyl (C=O) groups excluding carboxylic acids is 3.